The van der Waals surface area contributed by atoms with E-state index in [0.717, 1.165) is 42.7 Å². The molecule has 0 unspecified atom stereocenters. The highest BCUT2D eigenvalue weighted by Crippen LogP contribution is 2.51. The quantitative estimate of drug-likeness (QED) is 0.144. The first kappa shape index (κ1) is 34.5. The van der Waals surface area contributed by atoms with E-state index < -0.39 is 0 Å². The van der Waals surface area contributed by atoms with Crippen molar-refractivity contribution in [2.75, 3.05) is 4.90 Å². The first-order chi connectivity index (χ1) is 25.7. The van der Waals surface area contributed by atoms with Gasteiger partial charge in [0.25, 0.3) is 0 Å². The number of anilines is 3. The highest BCUT2D eigenvalue weighted by atomic mass is 15.1. The van der Waals surface area contributed by atoms with Crippen LogP contribution in [-0.2, 0) is 5.41 Å². The highest BCUT2D eigenvalue weighted by molar-refractivity contribution is 5.88. The molecule has 0 bridgehead atoms. The van der Waals surface area contributed by atoms with Gasteiger partial charge in [0.2, 0.25) is 0 Å². The van der Waals surface area contributed by atoms with Crippen LogP contribution in [0, 0.1) is 20.8 Å². The topological polar surface area (TPSA) is 3.24 Å². The van der Waals surface area contributed by atoms with Crippen LogP contribution < -0.4 is 4.90 Å². The van der Waals surface area contributed by atoms with Gasteiger partial charge in [0.15, 0.2) is 0 Å². The third kappa shape index (κ3) is 6.41. The fourth-order valence-corrected chi connectivity index (χ4v) is 8.72. The number of benzene rings is 6. The molecule has 0 fully saturated rings. The van der Waals surface area contributed by atoms with E-state index in [1.54, 1.807) is 0 Å². The number of rotatable bonds is 8. The lowest BCUT2D eigenvalue weighted by Crippen LogP contribution is -2.15. The van der Waals surface area contributed by atoms with E-state index in [-0.39, 0.29) is 5.41 Å². The molecule has 0 amide bonds. The molecular formula is C52H49N. The molecular weight excluding hydrogens is 639 g/mol. The monoisotopic (exact) mass is 687 g/mol. The van der Waals surface area contributed by atoms with Crippen molar-refractivity contribution in [3.05, 3.63) is 184 Å². The van der Waals surface area contributed by atoms with Crippen LogP contribution in [-0.4, -0.2) is 0 Å². The predicted molar refractivity (Wildman–Crippen MR) is 227 cm³/mol. The van der Waals surface area contributed by atoms with Crippen LogP contribution in [0.5, 0.6) is 0 Å². The summed E-state index contributed by atoms with van der Waals surface area (Å²) in [6.07, 6.45) is 8.71. The van der Waals surface area contributed by atoms with Gasteiger partial charge in [-0.3, -0.25) is 0 Å². The third-order valence-electron chi connectivity index (χ3n) is 11.4. The number of allylic oxidation sites excluding steroid dienone is 3. The van der Waals surface area contributed by atoms with Gasteiger partial charge in [-0.05, 0) is 173 Å². The second-order valence-corrected chi connectivity index (χ2v) is 15.5. The molecule has 0 radical (unpaired) electrons. The fraction of sp³-hybridized carbons (Fsp3) is 0.212. The van der Waals surface area contributed by atoms with E-state index in [2.05, 4.69) is 192 Å². The molecule has 0 aromatic heterocycles. The lowest BCUT2D eigenvalue weighted by Gasteiger charge is -2.26. The average molecular weight is 688 g/mol. The highest BCUT2D eigenvalue weighted by Gasteiger charge is 2.36. The lowest BCUT2D eigenvalue weighted by molar-refractivity contribution is 0.659. The Hall–Kier alpha value is -5.62. The van der Waals surface area contributed by atoms with Crippen molar-refractivity contribution >= 4 is 22.6 Å². The molecule has 0 aliphatic heterocycles. The van der Waals surface area contributed by atoms with E-state index in [4.69, 9.17) is 0 Å². The summed E-state index contributed by atoms with van der Waals surface area (Å²) in [6.45, 7) is 13.7. The first-order valence-corrected chi connectivity index (χ1v) is 19.3. The Morgan fingerprint density at radius 1 is 0.604 bits per heavy atom. The largest absolute Gasteiger partial charge is 0.310 e. The van der Waals surface area contributed by atoms with Gasteiger partial charge < -0.3 is 4.90 Å². The maximum Gasteiger partial charge on any atom is 0.0467 e. The number of hydrogen-bond acceptors (Lipinski definition) is 1. The minimum atomic E-state index is -0.0163. The zero-order valence-electron chi connectivity index (χ0n) is 32.1. The summed E-state index contributed by atoms with van der Waals surface area (Å²) in [5, 5.41) is 0. The molecule has 6 aromatic rings. The Balaban J connectivity index is 1.16. The summed E-state index contributed by atoms with van der Waals surface area (Å²) in [7, 11) is 0. The first-order valence-electron chi connectivity index (χ1n) is 19.3. The maximum absolute atomic E-state index is 3.41. The molecule has 8 rings (SSSR count). The van der Waals surface area contributed by atoms with E-state index in [1.165, 1.54) is 77.9 Å². The van der Waals surface area contributed by atoms with E-state index in [0.29, 0.717) is 0 Å². The second-order valence-electron chi connectivity index (χ2n) is 15.5. The minimum Gasteiger partial charge on any atom is -0.310 e. The van der Waals surface area contributed by atoms with E-state index >= 15 is 0 Å². The van der Waals surface area contributed by atoms with Crippen molar-refractivity contribution in [2.24, 2.45) is 0 Å². The van der Waals surface area contributed by atoms with Gasteiger partial charge in [0.1, 0.15) is 0 Å². The number of aryl methyl sites for hydroxylation is 3. The van der Waals surface area contributed by atoms with Crippen LogP contribution in [0.1, 0.15) is 79.8 Å². The molecule has 0 atom stereocenters. The zero-order chi connectivity index (χ0) is 36.7. The number of fused-ring (bicyclic) bond motifs is 3. The second kappa shape index (κ2) is 14.1. The van der Waals surface area contributed by atoms with Crippen LogP contribution in [0.15, 0.2) is 151 Å². The van der Waals surface area contributed by atoms with Crippen LogP contribution in [0.2, 0.25) is 0 Å². The molecule has 0 saturated heterocycles. The van der Waals surface area contributed by atoms with Gasteiger partial charge in [0.05, 0.1) is 0 Å². The smallest absolute Gasteiger partial charge is 0.0467 e. The predicted octanol–water partition coefficient (Wildman–Crippen LogP) is 14.8. The minimum absolute atomic E-state index is 0.0163. The standard InChI is InChI=1S/C52H49N/c1-7-15-39-16-10-8-13-21-46(39)47-33-41(23-22-36(47)3)38-24-27-44(28-25-38)53(43-18-11-9-12-19-43)45-20-14-17-40(32-45)42-26-29-49-48(34-42)51-37(4)30-35(2)31-50(51)52(49,5)6/h8-9,11-12,14,16-20,22-34H,7,13,15,21H2,1-6H3. The van der Waals surface area contributed by atoms with Crippen LogP contribution in [0.25, 0.3) is 39.0 Å². The number of para-hydroxylation sites is 1. The summed E-state index contributed by atoms with van der Waals surface area (Å²) in [5.41, 5.74) is 25.6. The molecule has 0 heterocycles. The van der Waals surface area contributed by atoms with Gasteiger partial charge in [-0.15, -0.1) is 5.73 Å². The lowest BCUT2D eigenvalue weighted by atomic mass is 9.81. The molecule has 53 heavy (non-hydrogen) atoms. The SMILES string of the molecule is CCCC1=C(c2cc(-c3ccc(N(c4ccccc4)c4cccc(-c5ccc6c(c5)-c5c(C)cc(C)cc5C6(C)C)c4)cc3)ccc2C)CCC=C=C1. The number of nitrogens with zero attached hydrogens (tertiary/aromatic N) is 1. The van der Waals surface area contributed by atoms with Crippen molar-refractivity contribution in [1.82, 2.24) is 0 Å². The van der Waals surface area contributed by atoms with Gasteiger partial charge >= 0.3 is 0 Å². The Morgan fingerprint density at radius 3 is 2.08 bits per heavy atom. The van der Waals surface area contributed by atoms with Crippen molar-refractivity contribution in [3.63, 3.8) is 0 Å². The zero-order valence-corrected chi connectivity index (χ0v) is 32.1. The summed E-state index contributed by atoms with van der Waals surface area (Å²) >= 11 is 0. The third-order valence-corrected chi connectivity index (χ3v) is 11.4. The van der Waals surface area contributed by atoms with Crippen molar-refractivity contribution in [2.45, 2.75) is 72.6 Å². The summed E-state index contributed by atoms with van der Waals surface area (Å²) < 4.78 is 0. The van der Waals surface area contributed by atoms with Gasteiger partial charge in [0, 0.05) is 22.5 Å². The molecule has 0 saturated carbocycles. The molecule has 0 N–H and O–H groups in total. The Kier molecular flexibility index (Phi) is 9.15. The Bertz CT molecular complexity index is 2430. The average Bonchev–Trinajstić information content (AvgIpc) is 3.27. The molecule has 1 heteroatoms. The Labute approximate surface area is 316 Å². The van der Waals surface area contributed by atoms with Crippen LogP contribution in [0.4, 0.5) is 17.1 Å². The fourth-order valence-electron chi connectivity index (χ4n) is 8.72. The normalized spacial score (nSPS) is 14.2. The molecule has 0 spiro atoms. The van der Waals surface area contributed by atoms with Crippen LogP contribution in [0.3, 0.4) is 0 Å². The van der Waals surface area contributed by atoms with Gasteiger partial charge in [-0.1, -0.05) is 112 Å². The molecule has 262 valence electrons. The Morgan fingerprint density at radius 2 is 1.28 bits per heavy atom. The number of hydrogen-bond donors (Lipinski definition) is 0. The van der Waals surface area contributed by atoms with Crippen molar-refractivity contribution in [1.29, 1.82) is 0 Å². The van der Waals surface area contributed by atoms with E-state index in [1.807, 2.05) is 0 Å². The van der Waals surface area contributed by atoms with E-state index in [9.17, 15) is 0 Å². The summed E-state index contributed by atoms with van der Waals surface area (Å²) in [6, 6.07) is 47.6. The molecule has 2 aliphatic carbocycles. The summed E-state index contributed by atoms with van der Waals surface area (Å²) in [5.74, 6) is 0. The van der Waals surface area contributed by atoms with Gasteiger partial charge in [-0.25, -0.2) is 0 Å². The summed E-state index contributed by atoms with van der Waals surface area (Å²) in [4.78, 5) is 2.37. The van der Waals surface area contributed by atoms with Crippen molar-refractivity contribution in [3.8, 4) is 33.4 Å². The van der Waals surface area contributed by atoms with Crippen molar-refractivity contribution < 1.29 is 0 Å². The maximum atomic E-state index is 3.41. The molecule has 2 aliphatic rings. The molecule has 1 nitrogen and oxygen atoms in total. The van der Waals surface area contributed by atoms with Gasteiger partial charge in [-0.2, -0.15) is 0 Å². The van der Waals surface area contributed by atoms with Crippen LogP contribution >= 0.6 is 0 Å². The molecule has 6 aromatic carbocycles.